The Morgan fingerprint density at radius 3 is 2.88 bits per heavy atom. The molecule has 16 heavy (non-hydrogen) atoms. The molecule has 1 N–H and O–H groups in total. The minimum atomic E-state index is -0.0905. The fourth-order valence-electron chi connectivity index (χ4n) is 2.49. The molecule has 1 aromatic carbocycles. The zero-order chi connectivity index (χ0) is 11.0. The zero-order valence-electron chi connectivity index (χ0n) is 9.43. The molecular formula is C14H18O2. The third-order valence-corrected chi connectivity index (χ3v) is 3.66. The Balaban J connectivity index is 1.52. The maximum atomic E-state index is 9.81. The lowest BCUT2D eigenvalue weighted by Gasteiger charge is -2.13. The number of ether oxygens (including phenoxy) is 1. The number of hydrogen-bond donors (Lipinski definition) is 1. The predicted octanol–water partition coefficient (Wildman–Crippen LogP) is 2.54. The van der Waals surface area contributed by atoms with Crippen molar-refractivity contribution in [3.05, 3.63) is 29.8 Å². The van der Waals surface area contributed by atoms with Gasteiger partial charge >= 0.3 is 0 Å². The summed E-state index contributed by atoms with van der Waals surface area (Å²) >= 11 is 0. The lowest BCUT2D eigenvalue weighted by molar-refractivity contribution is 0.117. The molecule has 1 aromatic rings. The van der Waals surface area contributed by atoms with E-state index in [1.807, 2.05) is 12.1 Å². The molecule has 2 heteroatoms. The largest absolute Gasteiger partial charge is 0.490 e. The Morgan fingerprint density at radius 2 is 2.12 bits per heavy atom. The molecule has 0 saturated heterocycles. The number of benzene rings is 1. The molecule has 3 rings (SSSR count). The SMILES string of the molecule is OC(CCC1Cc2ccccc2O1)C1CC1. The van der Waals surface area contributed by atoms with Crippen LogP contribution in [-0.4, -0.2) is 17.3 Å². The average molecular weight is 218 g/mol. The van der Waals surface area contributed by atoms with Crippen LogP contribution in [0.2, 0.25) is 0 Å². The van der Waals surface area contributed by atoms with Crippen molar-refractivity contribution in [2.45, 2.75) is 44.3 Å². The topological polar surface area (TPSA) is 29.5 Å². The molecule has 0 spiro atoms. The van der Waals surface area contributed by atoms with E-state index in [4.69, 9.17) is 4.74 Å². The van der Waals surface area contributed by atoms with Crippen LogP contribution in [0.5, 0.6) is 5.75 Å². The summed E-state index contributed by atoms with van der Waals surface area (Å²) in [5, 5.41) is 9.81. The van der Waals surface area contributed by atoms with E-state index in [-0.39, 0.29) is 12.2 Å². The first kappa shape index (κ1) is 10.2. The lowest BCUT2D eigenvalue weighted by atomic mass is 10.0. The quantitative estimate of drug-likeness (QED) is 0.841. The van der Waals surface area contributed by atoms with Crippen molar-refractivity contribution in [3.63, 3.8) is 0 Å². The first-order chi connectivity index (χ1) is 7.83. The smallest absolute Gasteiger partial charge is 0.123 e. The Labute approximate surface area is 96.2 Å². The highest BCUT2D eigenvalue weighted by molar-refractivity contribution is 5.37. The van der Waals surface area contributed by atoms with E-state index in [2.05, 4.69) is 12.1 Å². The van der Waals surface area contributed by atoms with E-state index in [0.29, 0.717) is 5.92 Å². The molecule has 0 bridgehead atoms. The van der Waals surface area contributed by atoms with Gasteiger partial charge in [-0.1, -0.05) is 18.2 Å². The fourth-order valence-corrected chi connectivity index (χ4v) is 2.49. The minimum absolute atomic E-state index is 0.0905. The van der Waals surface area contributed by atoms with Crippen molar-refractivity contribution in [1.29, 1.82) is 0 Å². The molecule has 1 aliphatic carbocycles. The molecule has 1 heterocycles. The Hall–Kier alpha value is -1.02. The van der Waals surface area contributed by atoms with Crippen LogP contribution in [0.1, 0.15) is 31.2 Å². The van der Waals surface area contributed by atoms with Gasteiger partial charge in [-0.25, -0.2) is 0 Å². The van der Waals surface area contributed by atoms with Gasteiger partial charge in [-0.05, 0) is 43.2 Å². The van der Waals surface area contributed by atoms with Gasteiger partial charge in [0.25, 0.3) is 0 Å². The third kappa shape index (κ3) is 2.07. The summed E-state index contributed by atoms with van der Waals surface area (Å²) < 4.78 is 5.85. The number of fused-ring (bicyclic) bond motifs is 1. The molecule has 1 fully saturated rings. The fraction of sp³-hybridized carbons (Fsp3) is 0.571. The maximum Gasteiger partial charge on any atom is 0.123 e. The van der Waals surface area contributed by atoms with Gasteiger partial charge in [-0.2, -0.15) is 0 Å². The number of aliphatic hydroxyl groups is 1. The zero-order valence-corrected chi connectivity index (χ0v) is 9.43. The van der Waals surface area contributed by atoms with Crippen LogP contribution >= 0.6 is 0 Å². The molecule has 2 aliphatic rings. The van der Waals surface area contributed by atoms with Gasteiger partial charge in [0.05, 0.1) is 6.10 Å². The van der Waals surface area contributed by atoms with Gasteiger partial charge < -0.3 is 9.84 Å². The van der Waals surface area contributed by atoms with E-state index in [9.17, 15) is 5.11 Å². The van der Waals surface area contributed by atoms with Gasteiger partial charge in [-0.15, -0.1) is 0 Å². The summed E-state index contributed by atoms with van der Waals surface area (Å²) in [7, 11) is 0. The molecule has 0 aromatic heterocycles. The summed E-state index contributed by atoms with van der Waals surface area (Å²) in [4.78, 5) is 0. The van der Waals surface area contributed by atoms with E-state index < -0.39 is 0 Å². The van der Waals surface area contributed by atoms with Gasteiger partial charge in [-0.3, -0.25) is 0 Å². The number of hydrogen-bond acceptors (Lipinski definition) is 2. The highest BCUT2D eigenvalue weighted by Crippen LogP contribution is 2.36. The van der Waals surface area contributed by atoms with Crippen LogP contribution in [0.3, 0.4) is 0 Å². The summed E-state index contributed by atoms with van der Waals surface area (Å²) in [5.41, 5.74) is 1.31. The summed E-state index contributed by atoms with van der Waals surface area (Å²) in [5.74, 6) is 1.62. The molecule has 1 saturated carbocycles. The molecule has 86 valence electrons. The number of para-hydroxylation sites is 1. The molecule has 2 atom stereocenters. The van der Waals surface area contributed by atoms with Gasteiger partial charge in [0.1, 0.15) is 11.9 Å². The second-order valence-corrected chi connectivity index (χ2v) is 5.03. The van der Waals surface area contributed by atoms with Gasteiger partial charge in [0, 0.05) is 6.42 Å². The first-order valence-corrected chi connectivity index (χ1v) is 6.25. The van der Waals surface area contributed by atoms with Crippen molar-refractivity contribution in [3.8, 4) is 5.75 Å². The summed E-state index contributed by atoms with van der Waals surface area (Å²) in [6.07, 6.45) is 5.50. The average Bonchev–Trinajstić information content (AvgIpc) is 3.06. The molecule has 1 aliphatic heterocycles. The van der Waals surface area contributed by atoms with Crippen molar-refractivity contribution in [1.82, 2.24) is 0 Å². The normalized spacial score (nSPS) is 24.9. The minimum Gasteiger partial charge on any atom is -0.490 e. The first-order valence-electron chi connectivity index (χ1n) is 6.25. The third-order valence-electron chi connectivity index (χ3n) is 3.66. The van der Waals surface area contributed by atoms with E-state index in [1.54, 1.807) is 0 Å². The Bertz CT molecular complexity index is 346. The molecule has 0 radical (unpaired) electrons. The Morgan fingerprint density at radius 1 is 1.31 bits per heavy atom. The van der Waals surface area contributed by atoms with Crippen LogP contribution in [0.25, 0.3) is 0 Å². The second-order valence-electron chi connectivity index (χ2n) is 5.03. The number of rotatable bonds is 4. The highest BCUT2D eigenvalue weighted by atomic mass is 16.5. The number of aliphatic hydroxyl groups excluding tert-OH is 1. The molecular weight excluding hydrogens is 200 g/mol. The van der Waals surface area contributed by atoms with Gasteiger partial charge in [0.2, 0.25) is 0 Å². The van der Waals surface area contributed by atoms with Crippen LogP contribution in [0.4, 0.5) is 0 Å². The van der Waals surface area contributed by atoms with Crippen molar-refractivity contribution < 1.29 is 9.84 Å². The van der Waals surface area contributed by atoms with Crippen LogP contribution in [0, 0.1) is 5.92 Å². The van der Waals surface area contributed by atoms with Crippen molar-refractivity contribution in [2.75, 3.05) is 0 Å². The van der Waals surface area contributed by atoms with E-state index in [1.165, 1.54) is 18.4 Å². The van der Waals surface area contributed by atoms with Crippen molar-refractivity contribution in [2.24, 2.45) is 5.92 Å². The summed E-state index contributed by atoms with van der Waals surface area (Å²) in [6, 6.07) is 8.24. The van der Waals surface area contributed by atoms with E-state index in [0.717, 1.165) is 25.0 Å². The predicted molar refractivity (Wildman–Crippen MR) is 62.5 cm³/mol. The lowest BCUT2D eigenvalue weighted by Crippen LogP contribution is -2.18. The molecule has 2 unspecified atom stereocenters. The van der Waals surface area contributed by atoms with Crippen LogP contribution in [0.15, 0.2) is 24.3 Å². The molecule has 2 nitrogen and oxygen atoms in total. The second kappa shape index (κ2) is 4.10. The molecule has 0 amide bonds. The monoisotopic (exact) mass is 218 g/mol. The van der Waals surface area contributed by atoms with Crippen LogP contribution in [-0.2, 0) is 6.42 Å². The maximum absolute atomic E-state index is 9.81. The Kier molecular flexibility index (Phi) is 2.60. The van der Waals surface area contributed by atoms with Gasteiger partial charge in [0.15, 0.2) is 0 Å². The van der Waals surface area contributed by atoms with Crippen LogP contribution < -0.4 is 4.74 Å². The van der Waals surface area contributed by atoms with Crippen molar-refractivity contribution >= 4 is 0 Å². The summed E-state index contributed by atoms with van der Waals surface area (Å²) in [6.45, 7) is 0. The van der Waals surface area contributed by atoms with E-state index >= 15 is 0 Å². The highest BCUT2D eigenvalue weighted by Gasteiger charge is 2.31. The standard InChI is InChI=1S/C14H18O2/c15-13(10-5-6-10)8-7-12-9-11-3-1-2-4-14(11)16-12/h1-4,10,12-13,15H,5-9H2.